The Kier molecular flexibility index (Phi) is 5.04. The average molecular weight is 331 g/mol. The first-order chi connectivity index (χ1) is 11.6. The van der Waals surface area contributed by atoms with E-state index in [4.69, 9.17) is 4.74 Å². The van der Waals surface area contributed by atoms with Crippen molar-refractivity contribution in [2.75, 3.05) is 46.4 Å². The predicted octanol–water partition coefficient (Wildman–Crippen LogP) is 0.613. The Balaban J connectivity index is 1.43. The number of hydrogen-bond acceptors (Lipinski definition) is 4. The molecular weight excluding hydrogens is 306 g/mol. The van der Waals surface area contributed by atoms with Crippen molar-refractivity contribution in [3.63, 3.8) is 0 Å². The lowest BCUT2D eigenvalue weighted by Crippen LogP contribution is -2.64. The molecule has 0 radical (unpaired) electrons. The zero-order valence-electron chi connectivity index (χ0n) is 14.4. The quantitative estimate of drug-likeness (QED) is 0.811. The maximum absolute atomic E-state index is 12.3. The Morgan fingerprint density at radius 1 is 1.04 bits per heavy atom. The van der Waals surface area contributed by atoms with Gasteiger partial charge in [-0.3, -0.25) is 14.5 Å². The number of nitrogens with zero attached hydrogens (tertiary/aromatic N) is 3. The van der Waals surface area contributed by atoms with Crippen molar-refractivity contribution in [2.45, 2.75) is 19.4 Å². The molecule has 0 aromatic heterocycles. The third-order valence-corrected chi connectivity index (χ3v) is 5.01. The van der Waals surface area contributed by atoms with Crippen LogP contribution in [0.5, 0.6) is 5.75 Å². The highest BCUT2D eigenvalue weighted by atomic mass is 16.5. The number of carbonyl (C=O) groups is 2. The fraction of sp³-hybridized carbons (Fsp3) is 0.556. The number of amides is 2. The molecule has 0 N–H and O–H groups in total. The van der Waals surface area contributed by atoms with Crippen LogP contribution in [0.25, 0.3) is 0 Å². The summed E-state index contributed by atoms with van der Waals surface area (Å²) in [6.07, 6.45) is 0.439. The molecule has 2 fully saturated rings. The third-order valence-electron chi connectivity index (χ3n) is 5.01. The van der Waals surface area contributed by atoms with Gasteiger partial charge in [-0.1, -0.05) is 12.1 Å². The van der Waals surface area contributed by atoms with E-state index in [1.54, 1.807) is 14.0 Å². The van der Waals surface area contributed by atoms with Crippen molar-refractivity contribution in [1.82, 2.24) is 14.7 Å². The zero-order chi connectivity index (χ0) is 17.1. The molecule has 2 aliphatic heterocycles. The largest absolute Gasteiger partial charge is 0.497 e. The SMILES string of the molecule is COc1ccc(CC(=O)N2CC(N3CCN(C(C)=O)CC3)C2)cc1. The molecular formula is C18H25N3O3. The summed E-state index contributed by atoms with van der Waals surface area (Å²) in [5.74, 6) is 1.14. The number of methoxy groups -OCH3 is 1. The standard InChI is InChI=1S/C18H25N3O3/c1-14(22)19-7-9-20(10-8-19)16-12-21(13-16)18(23)11-15-3-5-17(24-2)6-4-15/h3-6,16H,7-13H2,1-2H3. The third kappa shape index (κ3) is 3.70. The molecule has 0 spiro atoms. The minimum atomic E-state index is 0.152. The van der Waals surface area contributed by atoms with E-state index in [0.29, 0.717) is 12.5 Å². The van der Waals surface area contributed by atoms with Gasteiger partial charge >= 0.3 is 0 Å². The Labute approximate surface area is 143 Å². The average Bonchev–Trinajstić information content (AvgIpc) is 2.54. The molecule has 0 saturated carbocycles. The maximum Gasteiger partial charge on any atom is 0.227 e. The molecule has 6 nitrogen and oxygen atoms in total. The van der Waals surface area contributed by atoms with Gasteiger partial charge in [0.15, 0.2) is 0 Å². The van der Waals surface area contributed by atoms with Gasteiger partial charge < -0.3 is 14.5 Å². The van der Waals surface area contributed by atoms with Gasteiger partial charge in [-0.25, -0.2) is 0 Å². The topological polar surface area (TPSA) is 53.1 Å². The number of rotatable bonds is 4. The minimum absolute atomic E-state index is 0.152. The summed E-state index contributed by atoms with van der Waals surface area (Å²) in [5, 5.41) is 0. The summed E-state index contributed by atoms with van der Waals surface area (Å²) in [4.78, 5) is 29.9. The molecule has 0 bridgehead atoms. The predicted molar refractivity (Wildman–Crippen MR) is 90.9 cm³/mol. The van der Waals surface area contributed by atoms with Crippen LogP contribution < -0.4 is 4.74 Å². The van der Waals surface area contributed by atoms with Gasteiger partial charge in [0.25, 0.3) is 0 Å². The first-order valence-corrected chi connectivity index (χ1v) is 8.47. The number of benzene rings is 1. The van der Waals surface area contributed by atoms with E-state index < -0.39 is 0 Å². The van der Waals surface area contributed by atoms with Crippen LogP contribution in [0.3, 0.4) is 0 Å². The van der Waals surface area contributed by atoms with Crippen molar-refractivity contribution in [1.29, 1.82) is 0 Å². The van der Waals surface area contributed by atoms with Crippen molar-refractivity contribution >= 4 is 11.8 Å². The molecule has 24 heavy (non-hydrogen) atoms. The van der Waals surface area contributed by atoms with E-state index in [0.717, 1.165) is 50.6 Å². The molecule has 6 heteroatoms. The van der Waals surface area contributed by atoms with Crippen LogP contribution >= 0.6 is 0 Å². The number of piperazine rings is 1. The molecule has 2 saturated heterocycles. The molecule has 0 unspecified atom stereocenters. The van der Waals surface area contributed by atoms with E-state index in [-0.39, 0.29) is 11.8 Å². The van der Waals surface area contributed by atoms with Crippen molar-refractivity contribution < 1.29 is 14.3 Å². The lowest BCUT2D eigenvalue weighted by Gasteiger charge is -2.48. The van der Waals surface area contributed by atoms with Gasteiger partial charge in [0.2, 0.25) is 11.8 Å². The number of likely N-dealkylation sites (tertiary alicyclic amines) is 1. The molecule has 1 aromatic carbocycles. The lowest BCUT2D eigenvalue weighted by atomic mass is 10.0. The van der Waals surface area contributed by atoms with Crippen molar-refractivity contribution in [2.24, 2.45) is 0 Å². The number of hydrogen-bond donors (Lipinski definition) is 0. The van der Waals surface area contributed by atoms with Gasteiger partial charge in [-0.05, 0) is 17.7 Å². The second kappa shape index (κ2) is 7.21. The van der Waals surface area contributed by atoms with Crippen LogP contribution in [-0.4, -0.2) is 78.9 Å². The Bertz CT molecular complexity index is 588. The van der Waals surface area contributed by atoms with Crippen LogP contribution in [-0.2, 0) is 16.0 Å². The number of ether oxygens (including phenoxy) is 1. The lowest BCUT2D eigenvalue weighted by molar-refractivity contribution is -0.139. The summed E-state index contributed by atoms with van der Waals surface area (Å²) in [5.41, 5.74) is 1.01. The van der Waals surface area contributed by atoms with E-state index >= 15 is 0 Å². The zero-order valence-corrected chi connectivity index (χ0v) is 14.4. The molecule has 2 heterocycles. The summed E-state index contributed by atoms with van der Waals surface area (Å²) in [6, 6.07) is 8.09. The van der Waals surface area contributed by atoms with E-state index in [1.165, 1.54) is 0 Å². The van der Waals surface area contributed by atoms with Crippen LogP contribution in [0.1, 0.15) is 12.5 Å². The highest BCUT2D eigenvalue weighted by molar-refractivity contribution is 5.79. The van der Waals surface area contributed by atoms with Crippen molar-refractivity contribution in [3.8, 4) is 5.75 Å². The Morgan fingerprint density at radius 2 is 1.67 bits per heavy atom. The molecule has 0 atom stereocenters. The van der Waals surface area contributed by atoms with Crippen LogP contribution in [0.15, 0.2) is 24.3 Å². The molecule has 3 rings (SSSR count). The van der Waals surface area contributed by atoms with Gasteiger partial charge in [0.1, 0.15) is 5.75 Å². The van der Waals surface area contributed by atoms with Crippen LogP contribution in [0.2, 0.25) is 0 Å². The van der Waals surface area contributed by atoms with Crippen molar-refractivity contribution in [3.05, 3.63) is 29.8 Å². The fourth-order valence-electron chi connectivity index (χ4n) is 3.32. The van der Waals surface area contributed by atoms with Gasteiger partial charge in [-0.15, -0.1) is 0 Å². The first kappa shape index (κ1) is 16.8. The van der Waals surface area contributed by atoms with E-state index in [2.05, 4.69) is 4.90 Å². The first-order valence-electron chi connectivity index (χ1n) is 8.47. The summed E-state index contributed by atoms with van der Waals surface area (Å²) >= 11 is 0. The van der Waals surface area contributed by atoms with E-state index in [9.17, 15) is 9.59 Å². The molecule has 0 aliphatic carbocycles. The van der Waals surface area contributed by atoms with Gasteiger partial charge in [-0.2, -0.15) is 0 Å². The summed E-state index contributed by atoms with van der Waals surface area (Å²) in [6.45, 7) is 6.63. The minimum Gasteiger partial charge on any atom is -0.497 e. The van der Waals surface area contributed by atoms with E-state index in [1.807, 2.05) is 34.1 Å². The molecule has 2 amide bonds. The van der Waals surface area contributed by atoms with Crippen LogP contribution in [0.4, 0.5) is 0 Å². The molecule has 1 aromatic rings. The molecule has 130 valence electrons. The van der Waals surface area contributed by atoms with Gasteiger partial charge in [0.05, 0.1) is 13.5 Å². The monoisotopic (exact) mass is 331 g/mol. The Morgan fingerprint density at radius 3 is 2.21 bits per heavy atom. The second-order valence-electron chi connectivity index (χ2n) is 6.52. The maximum atomic E-state index is 12.3. The van der Waals surface area contributed by atoms with Crippen LogP contribution in [0, 0.1) is 0 Å². The Hall–Kier alpha value is -2.08. The highest BCUT2D eigenvalue weighted by Gasteiger charge is 2.36. The second-order valence-corrected chi connectivity index (χ2v) is 6.52. The number of carbonyl (C=O) groups excluding carboxylic acids is 2. The van der Waals surface area contributed by atoms with Gasteiger partial charge in [0, 0.05) is 52.2 Å². The molecule has 2 aliphatic rings. The highest BCUT2D eigenvalue weighted by Crippen LogP contribution is 2.19. The summed E-state index contributed by atoms with van der Waals surface area (Å²) in [7, 11) is 1.64. The summed E-state index contributed by atoms with van der Waals surface area (Å²) < 4.78 is 5.13. The fourth-order valence-corrected chi connectivity index (χ4v) is 3.32. The normalized spacial score (nSPS) is 19.1. The smallest absolute Gasteiger partial charge is 0.227 e.